The monoisotopic (exact) mass is 519 g/mol. The number of esters is 1. The van der Waals surface area contributed by atoms with Crippen LogP contribution in [-0.2, 0) is 39.2 Å². The first-order valence-electron chi connectivity index (χ1n) is 9.88. The van der Waals surface area contributed by atoms with Gasteiger partial charge in [0.2, 0.25) is 5.95 Å². The number of hydrogen-bond donors (Lipinski definition) is 1. The molecule has 0 aromatic carbocycles. The SMILES string of the molecule is COC(=O)C(OCC=CCn1cnc2c(Cl)nc(NC(=O)OC(C)(C)C)nc21)P(=O)(OC)OC. The normalized spacial score (nSPS) is 13.3. The van der Waals surface area contributed by atoms with Crippen molar-refractivity contribution < 1.29 is 37.4 Å². The third-order valence-electron chi connectivity index (χ3n) is 4.05. The zero-order valence-electron chi connectivity index (χ0n) is 19.6. The molecule has 2 rings (SSSR count). The summed E-state index contributed by atoms with van der Waals surface area (Å²) >= 11 is 6.17. The molecule has 2 aromatic heterocycles. The minimum atomic E-state index is -3.85. The van der Waals surface area contributed by atoms with E-state index in [0.717, 1.165) is 21.3 Å². The summed E-state index contributed by atoms with van der Waals surface area (Å²) in [4.78, 5) is 36.4. The van der Waals surface area contributed by atoms with Gasteiger partial charge in [0.05, 0.1) is 20.0 Å². The first-order valence-corrected chi connectivity index (χ1v) is 11.9. The van der Waals surface area contributed by atoms with Gasteiger partial charge in [-0.15, -0.1) is 0 Å². The number of anilines is 1. The Morgan fingerprint density at radius 2 is 1.88 bits per heavy atom. The first-order chi connectivity index (χ1) is 15.9. The highest BCUT2D eigenvalue weighted by Gasteiger charge is 2.42. The quantitative estimate of drug-likeness (QED) is 0.212. The molecule has 0 aliphatic heterocycles. The van der Waals surface area contributed by atoms with Gasteiger partial charge in [0.15, 0.2) is 10.8 Å². The fourth-order valence-electron chi connectivity index (χ4n) is 2.55. The average Bonchev–Trinajstić information content (AvgIpc) is 3.17. The molecule has 1 atom stereocenters. The van der Waals surface area contributed by atoms with Gasteiger partial charge in [0.25, 0.3) is 5.85 Å². The Hall–Kier alpha value is -2.57. The molecule has 0 saturated carbocycles. The third-order valence-corrected chi connectivity index (χ3v) is 6.27. The fourth-order valence-corrected chi connectivity index (χ4v) is 3.93. The molecular formula is C19H27ClN5O8P. The highest BCUT2D eigenvalue weighted by molar-refractivity contribution is 7.55. The summed E-state index contributed by atoms with van der Waals surface area (Å²) in [5.74, 6) is -2.48. The van der Waals surface area contributed by atoms with Crippen LogP contribution in [0.25, 0.3) is 11.2 Å². The Balaban J connectivity index is 2.10. The van der Waals surface area contributed by atoms with E-state index in [0.29, 0.717) is 11.2 Å². The lowest BCUT2D eigenvalue weighted by atomic mass is 10.2. The van der Waals surface area contributed by atoms with Gasteiger partial charge in [-0.2, -0.15) is 9.97 Å². The number of hydrogen-bond acceptors (Lipinski definition) is 11. The van der Waals surface area contributed by atoms with Crippen LogP contribution >= 0.6 is 19.2 Å². The van der Waals surface area contributed by atoms with E-state index in [9.17, 15) is 14.2 Å². The van der Waals surface area contributed by atoms with Crippen LogP contribution < -0.4 is 5.32 Å². The number of carbonyl (C=O) groups excluding carboxylic acids is 2. The van der Waals surface area contributed by atoms with E-state index in [1.807, 2.05) is 0 Å². The van der Waals surface area contributed by atoms with Gasteiger partial charge in [-0.25, -0.2) is 14.6 Å². The molecule has 0 aliphatic carbocycles. The zero-order valence-corrected chi connectivity index (χ0v) is 21.3. The average molecular weight is 520 g/mol. The lowest BCUT2D eigenvalue weighted by Crippen LogP contribution is -2.27. The molecule has 0 spiro atoms. The van der Waals surface area contributed by atoms with Crippen molar-refractivity contribution in [3.63, 3.8) is 0 Å². The van der Waals surface area contributed by atoms with Crippen LogP contribution in [0, 0.1) is 0 Å². The summed E-state index contributed by atoms with van der Waals surface area (Å²) in [6.45, 7) is 5.38. The Morgan fingerprint density at radius 1 is 1.21 bits per heavy atom. The van der Waals surface area contributed by atoms with Crippen LogP contribution in [0.4, 0.5) is 10.7 Å². The summed E-state index contributed by atoms with van der Waals surface area (Å²) in [5, 5.41) is 2.49. The first kappa shape index (κ1) is 27.7. The maximum atomic E-state index is 12.5. The number of amides is 1. The standard InChI is InChI=1S/C19H27ClN5O8P/c1-19(2,3)33-18(27)24-17-22-13(20)12-14(23-17)25(11-21-12)9-7-8-10-32-16(15(26)29-4)34(28,30-5)31-6/h7-8,11,16H,9-10H2,1-6H3,(H,22,23,24,27). The van der Waals surface area contributed by atoms with Gasteiger partial charge in [-0.1, -0.05) is 23.8 Å². The lowest BCUT2D eigenvalue weighted by Gasteiger charge is -2.21. The number of methoxy groups -OCH3 is 1. The number of aromatic nitrogens is 4. The van der Waals surface area contributed by atoms with Crippen LogP contribution in [0.5, 0.6) is 0 Å². The highest BCUT2D eigenvalue weighted by Crippen LogP contribution is 2.52. The minimum Gasteiger partial charge on any atom is -0.467 e. The number of nitrogens with one attached hydrogen (secondary N) is 1. The van der Waals surface area contributed by atoms with E-state index in [2.05, 4.69) is 25.0 Å². The molecule has 0 aliphatic rings. The van der Waals surface area contributed by atoms with E-state index >= 15 is 0 Å². The molecule has 2 aromatic rings. The maximum Gasteiger partial charge on any atom is 0.414 e. The van der Waals surface area contributed by atoms with Crippen molar-refractivity contribution in [1.82, 2.24) is 19.5 Å². The van der Waals surface area contributed by atoms with Crippen LogP contribution in [0.15, 0.2) is 18.5 Å². The second-order valence-corrected chi connectivity index (χ2v) is 10.3. The van der Waals surface area contributed by atoms with Crippen LogP contribution in [0.1, 0.15) is 20.8 Å². The maximum absolute atomic E-state index is 12.5. The molecule has 0 fully saturated rings. The van der Waals surface area contributed by atoms with Crippen LogP contribution in [0.3, 0.4) is 0 Å². The number of allylic oxidation sites excluding steroid dienone is 1. The topological polar surface area (TPSA) is 153 Å². The van der Waals surface area contributed by atoms with E-state index in [-0.39, 0.29) is 24.3 Å². The van der Waals surface area contributed by atoms with E-state index in [1.54, 1.807) is 37.5 Å². The van der Waals surface area contributed by atoms with Gasteiger partial charge >= 0.3 is 19.7 Å². The van der Waals surface area contributed by atoms with E-state index in [1.165, 1.54) is 6.33 Å². The third kappa shape index (κ3) is 7.21. The molecule has 1 amide bonds. The zero-order chi connectivity index (χ0) is 25.5. The van der Waals surface area contributed by atoms with Crippen LogP contribution in [-0.4, -0.2) is 71.0 Å². The fraction of sp³-hybridized carbons (Fsp3) is 0.526. The van der Waals surface area contributed by atoms with Gasteiger partial charge in [-0.05, 0) is 20.8 Å². The number of rotatable bonds is 10. The smallest absolute Gasteiger partial charge is 0.414 e. The minimum absolute atomic E-state index is 0.0448. The lowest BCUT2D eigenvalue weighted by molar-refractivity contribution is -0.149. The molecule has 0 radical (unpaired) electrons. The number of imidazole rings is 1. The predicted octanol–water partition coefficient (Wildman–Crippen LogP) is 3.38. The van der Waals surface area contributed by atoms with E-state index < -0.39 is 31.1 Å². The number of ether oxygens (including phenoxy) is 3. The van der Waals surface area contributed by atoms with E-state index in [4.69, 9.17) is 30.1 Å². The number of carbonyl (C=O) groups is 2. The number of nitrogens with zero attached hydrogens (tertiary/aromatic N) is 4. The van der Waals surface area contributed by atoms with Crippen molar-refractivity contribution in [1.29, 1.82) is 0 Å². The molecule has 0 saturated heterocycles. The Labute approximate surface area is 201 Å². The second-order valence-electron chi connectivity index (χ2n) is 7.62. The molecular weight excluding hydrogens is 493 g/mol. The highest BCUT2D eigenvalue weighted by atomic mass is 35.5. The second kappa shape index (κ2) is 11.7. The summed E-state index contributed by atoms with van der Waals surface area (Å²) in [6, 6.07) is 0. The van der Waals surface area contributed by atoms with Crippen molar-refractivity contribution in [3.8, 4) is 0 Å². The molecule has 15 heteroatoms. The molecule has 1 N–H and O–H groups in total. The molecule has 1 unspecified atom stereocenters. The van der Waals surface area contributed by atoms with Crippen molar-refractivity contribution >= 4 is 48.4 Å². The van der Waals surface area contributed by atoms with Crippen molar-refractivity contribution in [2.75, 3.05) is 33.3 Å². The summed E-state index contributed by atoms with van der Waals surface area (Å²) in [5.41, 5.74) is 0.0139. The summed E-state index contributed by atoms with van der Waals surface area (Å²) < 4.78 is 38.9. The van der Waals surface area contributed by atoms with Crippen LogP contribution in [0.2, 0.25) is 5.15 Å². The van der Waals surface area contributed by atoms with Crippen molar-refractivity contribution in [2.24, 2.45) is 0 Å². The number of fused-ring (bicyclic) bond motifs is 1. The van der Waals surface area contributed by atoms with Gasteiger partial charge in [0, 0.05) is 20.8 Å². The molecule has 188 valence electrons. The molecule has 34 heavy (non-hydrogen) atoms. The molecule has 2 heterocycles. The Kier molecular flexibility index (Phi) is 9.54. The predicted molar refractivity (Wildman–Crippen MR) is 123 cm³/mol. The summed E-state index contributed by atoms with van der Waals surface area (Å²) in [7, 11) is -0.437. The van der Waals surface area contributed by atoms with Gasteiger partial charge < -0.3 is 27.8 Å². The largest absolute Gasteiger partial charge is 0.467 e. The Morgan fingerprint density at radius 3 is 2.47 bits per heavy atom. The molecule has 0 bridgehead atoms. The van der Waals surface area contributed by atoms with Gasteiger partial charge in [-0.3, -0.25) is 9.88 Å². The van der Waals surface area contributed by atoms with Crippen molar-refractivity contribution in [2.45, 2.75) is 38.8 Å². The van der Waals surface area contributed by atoms with Gasteiger partial charge in [0.1, 0.15) is 11.1 Å². The number of halogens is 1. The molecule has 13 nitrogen and oxygen atoms in total. The Bertz CT molecular complexity index is 1090. The summed E-state index contributed by atoms with van der Waals surface area (Å²) in [6.07, 6.45) is 4.04. The van der Waals surface area contributed by atoms with Crippen molar-refractivity contribution in [3.05, 3.63) is 23.6 Å².